The maximum absolute atomic E-state index is 13.2. The van der Waals surface area contributed by atoms with Crippen LogP contribution in [0.4, 0.5) is 11.6 Å². The van der Waals surface area contributed by atoms with E-state index < -0.39 is 5.25 Å². The number of hydrogen-bond donors (Lipinski definition) is 4. The molecule has 2 heterocycles. The predicted molar refractivity (Wildman–Crippen MR) is 119 cm³/mol. The van der Waals surface area contributed by atoms with E-state index in [-0.39, 0.29) is 23.4 Å². The number of imidazole rings is 1. The van der Waals surface area contributed by atoms with Crippen molar-refractivity contribution in [3.63, 3.8) is 0 Å². The van der Waals surface area contributed by atoms with Crippen molar-refractivity contribution >= 4 is 40.5 Å². The lowest BCUT2D eigenvalue weighted by Crippen LogP contribution is -2.27. The number of methoxy groups -OCH3 is 1. The van der Waals surface area contributed by atoms with Crippen LogP contribution in [-0.4, -0.2) is 43.3 Å². The second-order valence-electron chi connectivity index (χ2n) is 6.66. The summed E-state index contributed by atoms with van der Waals surface area (Å²) >= 11 is 1.28. The number of nitrogen functional groups attached to an aromatic ring is 1. The second kappa shape index (κ2) is 8.92. The molecular weight excluding hydrogens is 416 g/mol. The number of fused-ring (bicyclic) bond motifs is 1. The third kappa shape index (κ3) is 4.69. The van der Waals surface area contributed by atoms with Crippen molar-refractivity contribution in [2.24, 2.45) is 0 Å². The van der Waals surface area contributed by atoms with E-state index in [9.17, 15) is 9.90 Å². The quantitative estimate of drug-likeness (QED) is 0.197. The van der Waals surface area contributed by atoms with Gasteiger partial charge in [0.2, 0.25) is 11.9 Å². The number of aromatic nitrogens is 4. The molecule has 158 valence electrons. The Hall–Kier alpha value is -3.79. The molecule has 0 bridgehead atoms. The van der Waals surface area contributed by atoms with Gasteiger partial charge in [-0.15, -0.1) is 0 Å². The third-order valence-corrected chi connectivity index (χ3v) is 5.71. The van der Waals surface area contributed by atoms with Crippen LogP contribution < -0.4 is 15.8 Å². The first-order valence-corrected chi connectivity index (χ1v) is 10.3. The molecule has 0 unspecified atom stereocenters. The van der Waals surface area contributed by atoms with Gasteiger partial charge in [0.1, 0.15) is 10.5 Å². The zero-order chi connectivity index (χ0) is 21.8. The van der Waals surface area contributed by atoms with E-state index in [0.717, 1.165) is 5.56 Å². The van der Waals surface area contributed by atoms with Gasteiger partial charge >= 0.3 is 0 Å². The largest absolute Gasteiger partial charge is 0.504 e. The fourth-order valence-electron chi connectivity index (χ4n) is 3.04. The highest BCUT2D eigenvalue weighted by molar-refractivity contribution is 8.00. The Bertz CT molecular complexity index is 1210. The lowest BCUT2D eigenvalue weighted by atomic mass is 10.1. The molecule has 4 rings (SSSR count). The molecule has 0 radical (unpaired) electrons. The molecule has 31 heavy (non-hydrogen) atoms. The number of ether oxygens (including phenoxy) is 1. The number of nitrogens with one attached hydrogen (secondary N) is 2. The molecule has 0 saturated carbocycles. The van der Waals surface area contributed by atoms with Crippen molar-refractivity contribution < 1.29 is 14.6 Å². The fourth-order valence-corrected chi connectivity index (χ4v) is 4.16. The van der Waals surface area contributed by atoms with Gasteiger partial charge in [0, 0.05) is 11.8 Å². The van der Waals surface area contributed by atoms with Crippen LogP contribution in [0, 0.1) is 0 Å². The number of phenols is 1. The van der Waals surface area contributed by atoms with Gasteiger partial charge in [-0.25, -0.2) is 9.97 Å². The number of H-pyrrole nitrogens is 1. The van der Waals surface area contributed by atoms with Crippen LogP contribution >= 0.6 is 11.8 Å². The summed E-state index contributed by atoms with van der Waals surface area (Å²) in [4.78, 5) is 28.8. The molecule has 2 aromatic heterocycles. The number of thioether (sulfide) groups is 1. The Morgan fingerprint density at radius 1 is 1.26 bits per heavy atom. The van der Waals surface area contributed by atoms with Crippen LogP contribution in [0.5, 0.6) is 11.5 Å². The highest BCUT2D eigenvalue weighted by atomic mass is 32.2. The minimum atomic E-state index is -0.525. The van der Waals surface area contributed by atoms with E-state index in [1.807, 2.05) is 30.3 Å². The molecule has 1 atom stereocenters. The number of aromatic hydroxyl groups is 1. The number of amides is 1. The molecule has 4 aromatic rings. The van der Waals surface area contributed by atoms with E-state index in [0.29, 0.717) is 28.3 Å². The number of rotatable bonds is 7. The number of nitrogens with two attached hydrogens (primary N) is 1. The predicted octanol–water partition coefficient (Wildman–Crippen LogP) is 2.99. The minimum Gasteiger partial charge on any atom is -0.504 e. The molecule has 1 amide bonds. The van der Waals surface area contributed by atoms with Gasteiger partial charge in [-0.1, -0.05) is 42.1 Å². The van der Waals surface area contributed by atoms with Crippen LogP contribution in [-0.2, 0) is 11.2 Å². The standard InChI is InChI=1S/C21H20N6O3S/c1-30-15-10-13(7-8-14(15)28)25-19(29)16(9-12-5-3-2-4-6-12)31-20-17-18(24-11-23-17)26-21(22)27-20/h2-8,10-11,16,28H,9H2,1H3,(H,25,29)(H3,22,23,24,26,27)/t16-/m0/s1. The highest BCUT2D eigenvalue weighted by Gasteiger charge is 2.24. The Kier molecular flexibility index (Phi) is 5.89. The summed E-state index contributed by atoms with van der Waals surface area (Å²) in [7, 11) is 1.45. The number of benzene rings is 2. The zero-order valence-corrected chi connectivity index (χ0v) is 17.4. The summed E-state index contributed by atoms with van der Waals surface area (Å²) < 4.78 is 5.12. The number of carbonyl (C=O) groups excluding carboxylic acids is 1. The lowest BCUT2D eigenvalue weighted by molar-refractivity contribution is -0.115. The minimum absolute atomic E-state index is 0.00573. The van der Waals surface area contributed by atoms with Gasteiger partial charge in [0.15, 0.2) is 17.1 Å². The van der Waals surface area contributed by atoms with Crippen molar-refractivity contribution in [1.29, 1.82) is 0 Å². The lowest BCUT2D eigenvalue weighted by Gasteiger charge is -2.17. The van der Waals surface area contributed by atoms with Gasteiger partial charge in [0.25, 0.3) is 0 Å². The molecule has 5 N–H and O–H groups in total. The summed E-state index contributed by atoms with van der Waals surface area (Å²) in [6.45, 7) is 0. The van der Waals surface area contributed by atoms with Crippen LogP contribution in [0.15, 0.2) is 59.9 Å². The number of hydrogen-bond acceptors (Lipinski definition) is 8. The molecule has 10 heteroatoms. The van der Waals surface area contributed by atoms with Crippen molar-refractivity contribution in [3.8, 4) is 11.5 Å². The van der Waals surface area contributed by atoms with Crippen LogP contribution in [0.25, 0.3) is 11.2 Å². The normalized spacial score (nSPS) is 11.9. The summed E-state index contributed by atoms with van der Waals surface area (Å²) in [6, 6.07) is 14.3. The average Bonchev–Trinajstić information content (AvgIpc) is 3.24. The van der Waals surface area contributed by atoms with E-state index in [4.69, 9.17) is 10.5 Å². The van der Waals surface area contributed by atoms with Crippen LogP contribution in [0.2, 0.25) is 0 Å². The molecule has 0 aliphatic heterocycles. The monoisotopic (exact) mass is 436 g/mol. The Morgan fingerprint density at radius 3 is 2.84 bits per heavy atom. The fraction of sp³-hybridized carbons (Fsp3) is 0.143. The van der Waals surface area contributed by atoms with Gasteiger partial charge in [-0.05, 0) is 24.1 Å². The SMILES string of the molecule is COc1cc(NC(=O)[C@H](Cc2ccccc2)Sc2nc(N)nc3nc[nH]c23)ccc1O. The third-order valence-electron chi connectivity index (χ3n) is 4.53. The molecule has 9 nitrogen and oxygen atoms in total. The van der Waals surface area contributed by atoms with Crippen LogP contribution in [0.3, 0.4) is 0 Å². The van der Waals surface area contributed by atoms with Crippen molar-refractivity contribution in [2.75, 3.05) is 18.2 Å². The van der Waals surface area contributed by atoms with Crippen molar-refractivity contribution in [1.82, 2.24) is 19.9 Å². The van der Waals surface area contributed by atoms with Gasteiger partial charge in [-0.2, -0.15) is 4.98 Å². The summed E-state index contributed by atoms with van der Waals surface area (Å²) in [6.07, 6.45) is 1.98. The first kappa shape index (κ1) is 20.5. The molecule has 2 aromatic carbocycles. The van der Waals surface area contributed by atoms with Gasteiger partial charge in [0.05, 0.1) is 18.7 Å². The van der Waals surface area contributed by atoms with E-state index in [1.165, 1.54) is 31.3 Å². The number of aromatic amines is 1. The Balaban J connectivity index is 1.63. The maximum atomic E-state index is 13.2. The summed E-state index contributed by atoms with van der Waals surface area (Å²) in [5.41, 5.74) is 8.40. The molecule has 0 saturated heterocycles. The van der Waals surface area contributed by atoms with E-state index in [2.05, 4.69) is 25.3 Å². The topological polar surface area (TPSA) is 139 Å². The first-order valence-electron chi connectivity index (χ1n) is 9.38. The number of anilines is 2. The van der Waals surface area contributed by atoms with Gasteiger partial charge < -0.3 is 25.9 Å². The highest BCUT2D eigenvalue weighted by Crippen LogP contribution is 2.32. The molecular formula is C21H20N6O3S. The summed E-state index contributed by atoms with van der Waals surface area (Å²) in [5, 5.41) is 12.7. The smallest absolute Gasteiger partial charge is 0.238 e. The molecule has 0 spiro atoms. The Labute approximate surface area is 182 Å². The zero-order valence-electron chi connectivity index (χ0n) is 16.6. The van der Waals surface area contributed by atoms with Crippen LogP contribution in [0.1, 0.15) is 5.56 Å². The number of phenolic OH excluding ortho intramolecular Hbond substituents is 1. The number of nitrogens with zero attached hydrogens (tertiary/aromatic N) is 3. The summed E-state index contributed by atoms with van der Waals surface area (Å²) in [5.74, 6) is 0.122. The van der Waals surface area contributed by atoms with Gasteiger partial charge in [-0.3, -0.25) is 4.79 Å². The van der Waals surface area contributed by atoms with Crippen molar-refractivity contribution in [3.05, 3.63) is 60.4 Å². The maximum Gasteiger partial charge on any atom is 0.238 e. The molecule has 0 fully saturated rings. The van der Waals surface area contributed by atoms with Crippen molar-refractivity contribution in [2.45, 2.75) is 16.7 Å². The van der Waals surface area contributed by atoms with E-state index >= 15 is 0 Å². The van der Waals surface area contributed by atoms with E-state index in [1.54, 1.807) is 12.1 Å². The molecule has 0 aliphatic rings. The second-order valence-corrected chi connectivity index (χ2v) is 7.85. The molecule has 0 aliphatic carbocycles. The number of carbonyl (C=O) groups is 1. The average molecular weight is 436 g/mol. The Morgan fingerprint density at radius 2 is 2.06 bits per heavy atom. The first-order chi connectivity index (χ1) is 15.0.